The number of carbonyl (C=O) groups is 1. The van der Waals surface area contributed by atoms with Crippen molar-refractivity contribution in [3.63, 3.8) is 0 Å². The Labute approximate surface area is 240 Å². The summed E-state index contributed by atoms with van der Waals surface area (Å²) in [5.41, 5.74) is 5.69. The van der Waals surface area contributed by atoms with Crippen LogP contribution in [-0.4, -0.2) is 11.1 Å². The molecule has 1 aliphatic rings. The molecule has 0 radical (unpaired) electrons. The molecule has 1 fully saturated rings. The molecule has 0 unspecified atom stereocenters. The number of hydrogen-bond acceptors (Lipinski definition) is 4. The number of ether oxygens (including phenoxy) is 1. The van der Waals surface area contributed by atoms with Gasteiger partial charge in [0.1, 0.15) is 12.4 Å². The lowest BCUT2D eigenvalue weighted by atomic mass is 10.2. The minimum absolute atomic E-state index is 0.128. The lowest BCUT2D eigenvalue weighted by Crippen LogP contribution is -2.28. The summed E-state index contributed by atoms with van der Waals surface area (Å²) < 4.78 is 6.94. The van der Waals surface area contributed by atoms with Gasteiger partial charge in [0.2, 0.25) is 0 Å². The lowest BCUT2D eigenvalue weighted by Gasteiger charge is -2.16. The second kappa shape index (κ2) is 11.6. The predicted octanol–water partition coefficient (Wildman–Crippen LogP) is 9.11. The standard InChI is InChI=1S/C31H24BrClN2O2S/c1-20-3-12-25(13-4-20)34-31-35(26-14-5-21(2)6-15-26)30(36)29(38-31)18-23-9-16-28(27(33)17-23)37-19-22-7-10-24(32)11-8-22/h3-18H,19H2,1-2H3/b29-18-,34-31?. The van der Waals surface area contributed by atoms with E-state index >= 15 is 0 Å². The number of aryl methyl sites for hydroxylation is 2. The Kier molecular flexibility index (Phi) is 8.03. The van der Waals surface area contributed by atoms with Crippen LogP contribution in [0.4, 0.5) is 11.4 Å². The number of rotatable bonds is 6. The number of thioether (sulfide) groups is 1. The molecule has 0 aliphatic carbocycles. The molecule has 4 aromatic carbocycles. The van der Waals surface area contributed by atoms with E-state index in [1.165, 1.54) is 11.8 Å². The molecule has 1 aliphatic heterocycles. The Hall–Kier alpha value is -3.32. The van der Waals surface area contributed by atoms with Gasteiger partial charge in [-0.3, -0.25) is 9.69 Å². The Balaban J connectivity index is 1.41. The summed E-state index contributed by atoms with van der Waals surface area (Å²) in [6.45, 7) is 4.46. The summed E-state index contributed by atoms with van der Waals surface area (Å²) >= 11 is 11.3. The van der Waals surface area contributed by atoms with Gasteiger partial charge in [0, 0.05) is 4.47 Å². The molecule has 1 saturated heterocycles. The number of amides is 1. The average molecular weight is 604 g/mol. The van der Waals surface area contributed by atoms with Gasteiger partial charge in [-0.05, 0) is 91.3 Å². The van der Waals surface area contributed by atoms with Gasteiger partial charge in [0.15, 0.2) is 5.17 Å². The molecule has 38 heavy (non-hydrogen) atoms. The molecule has 7 heteroatoms. The normalized spacial score (nSPS) is 15.5. The topological polar surface area (TPSA) is 41.9 Å². The molecular weight excluding hydrogens is 580 g/mol. The van der Waals surface area contributed by atoms with E-state index in [-0.39, 0.29) is 5.91 Å². The third-order valence-electron chi connectivity index (χ3n) is 5.92. The van der Waals surface area contributed by atoms with Gasteiger partial charge in [0.25, 0.3) is 5.91 Å². The van der Waals surface area contributed by atoms with E-state index in [1.807, 2.05) is 111 Å². The van der Waals surface area contributed by atoms with Gasteiger partial charge in [-0.25, -0.2) is 4.99 Å². The largest absolute Gasteiger partial charge is 0.487 e. The van der Waals surface area contributed by atoms with Crippen molar-refractivity contribution in [3.05, 3.63) is 128 Å². The maximum atomic E-state index is 13.6. The Morgan fingerprint density at radius 2 is 1.58 bits per heavy atom. The van der Waals surface area contributed by atoms with E-state index in [0.29, 0.717) is 27.5 Å². The molecule has 4 aromatic rings. The van der Waals surface area contributed by atoms with E-state index in [1.54, 1.807) is 4.90 Å². The van der Waals surface area contributed by atoms with Crippen molar-refractivity contribution in [2.24, 2.45) is 4.99 Å². The zero-order chi connectivity index (χ0) is 26.6. The minimum Gasteiger partial charge on any atom is -0.487 e. The molecule has 190 valence electrons. The van der Waals surface area contributed by atoms with Gasteiger partial charge in [0.05, 0.1) is 21.3 Å². The van der Waals surface area contributed by atoms with Crippen molar-refractivity contribution in [1.82, 2.24) is 0 Å². The fourth-order valence-corrected chi connectivity index (χ4v) is 5.33. The van der Waals surface area contributed by atoms with Crippen LogP contribution in [0.3, 0.4) is 0 Å². The number of halogens is 2. The summed E-state index contributed by atoms with van der Waals surface area (Å²) in [5, 5.41) is 1.09. The second-order valence-electron chi connectivity index (χ2n) is 8.92. The number of benzene rings is 4. The van der Waals surface area contributed by atoms with Crippen LogP contribution < -0.4 is 9.64 Å². The number of carbonyl (C=O) groups excluding carboxylic acids is 1. The maximum Gasteiger partial charge on any atom is 0.271 e. The van der Waals surface area contributed by atoms with Gasteiger partial charge in [-0.1, -0.05) is 81.1 Å². The third-order valence-corrected chi connectivity index (χ3v) is 7.71. The number of hydrogen-bond donors (Lipinski definition) is 0. The number of amidine groups is 1. The van der Waals surface area contributed by atoms with Crippen molar-refractivity contribution in [2.45, 2.75) is 20.5 Å². The summed E-state index contributed by atoms with van der Waals surface area (Å²) in [6.07, 6.45) is 1.84. The number of aliphatic imine (C=N–C) groups is 1. The molecule has 0 saturated carbocycles. The van der Waals surface area contributed by atoms with E-state index in [4.69, 9.17) is 21.3 Å². The predicted molar refractivity (Wildman–Crippen MR) is 162 cm³/mol. The van der Waals surface area contributed by atoms with Gasteiger partial charge in [-0.2, -0.15) is 0 Å². The molecule has 1 amide bonds. The molecule has 0 atom stereocenters. The first-order chi connectivity index (χ1) is 18.4. The van der Waals surface area contributed by atoms with Crippen LogP contribution in [0.2, 0.25) is 5.02 Å². The molecule has 0 aromatic heterocycles. The van der Waals surface area contributed by atoms with Crippen molar-refractivity contribution >= 4 is 67.8 Å². The zero-order valence-corrected chi connectivity index (χ0v) is 24.0. The van der Waals surface area contributed by atoms with Crippen molar-refractivity contribution < 1.29 is 9.53 Å². The van der Waals surface area contributed by atoms with Crippen LogP contribution in [0.5, 0.6) is 5.75 Å². The fraction of sp³-hybridized carbons (Fsp3) is 0.0968. The molecule has 0 N–H and O–H groups in total. The quantitative estimate of drug-likeness (QED) is 0.206. The molecule has 5 rings (SSSR count). The smallest absolute Gasteiger partial charge is 0.271 e. The van der Waals surface area contributed by atoms with Gasteiger partial charge >= 0.3 is 0 Å². The van der Waals surface area contributed by atoms with Gasteiger partial charge in [-0.15, -0.1) is 0 Å². The number of anilines is 1. The first-order valence-corrected chi connectivity index (χ1v) is 14.0. The van der Waals surface area contributed by atoms with Crippen LogP contribution in [0.15, 0.2) is 105 Å². The molecule has 4 nitrogen and oxygen atoms in total. The highest BCUT2D eigenvalue weighted by molar-refractivity contribution is 9.10. The Morgan fingerprint density at radius 3 is 2.24 bits per heavy atom. The van der Waals surface area contributed by atoms with Crippen LogP contribution >= 0.6 is 39.3 Å². The molecule has 0 spiro atoms. The zero-order valence-electron chi connectivity index (χ0n) is 20.8. The second-order valence-corrected chi connectivity index (χ2v) is 11.3. The van der Waals surface area contributed by atoms with Crippen LogP contribution in [0, 0.1) is 13.8 Å². The van der Waals surface area contributed by atoms with Crippen molar-refractivity contribution in [3.8, 4) is 5.75 Å². The highest BCUT2D eigenvalue weighted by atomic mass is 79.9. The highest BCUT2D eigenvalue weighted by Crippen LogP contribution is 2.38. The summed E-state index contributed by atoms with van der Waals surface area (Å²) in [4.78, 5) is 20.6. The first kappa shape index (κ1) is 26.3. The van der Waals surface area contributed by atoms with E-state index in [2.05, 4.69) is 15.9 Å². The number of nitrogens with zero attached hydrogens (tertiary/aromatic N) is 2. The van der Waals surface area contributed by atoms with Crippen LogP contribution in [0.25, 0.3) is 6.08 Å². The van der Waals surface area contributed by atoms with E-state index < -0.39 is 0 Å². The van der Waals surface area contributed by atoms with E-state index in [9.17, 15) is 4.79 Å². The fourth-order valence-electron chi connectivity index (χ4n) is 3.82. The summed E-state index contributed by atoms with van der Waals surface area (Å²) in [5.74, 6) is 0.460. The average Bonchev–Trinajstić information content (AvgIpc) is 3.20. The van der Waals surface area contributed by atoms with Crippen molar-refractivity contribution in [1.29, 1.82) is 0 Å². The van der Waals surface area contributed by atoms with Gasteiger partial charge < -0.3 is 4.74 Å². The van der Waals surface area contributed by atoms with Crippen LogP contribution in [0.1, 0.15) is 22.3 Å². The first-order valence-electron chi connectivity index (χ1n) is 12.0. The molecular formula is C31H24BrClN2O2S. The minimum atomic E-state index is -0.128. The SMILES string of the molecule is Cc1ccc(N=C2S/C(=C\c3ccc(OCc4ccc(Br)cc4)c(Cl)c3)C(=O)N2c2ccc(C)cc2)cc1. The Morgan fingerprint density at radius 1 is 0.921 bits per heavy atom. The van der Waals surface area contributed by atoms with Crippen molar-refractivity contribution in [2.75, 3.05) is 4.90 Å². The molecule has 1 heterocycles. The molecule has 0 bridgehead atoms. The lowest BCUT2D eigenvalue weighted by molar-refractivity contribution is -0.113. The van der Waals surface area contributed by atoms with E-state index in [0.717, 1.165) is 38.1 Å². The third kappa shape index (κ3) is 6.21. The highest BCUT2D eigenvalue weighted by Gasteiger charge is 2.34. The maximum absolute atomic E-state index is 13.6. The monoisotopic (exact) mass is 602 g/mol. The summed E-state index contributed by atoms with van der Waals surface area (Å²) in [7, 11) is 0. The summed E-state index contributed by atoms with van der Waals surface area (Å²) in [6, 6.07) is 29.3. The Bertz CT molecular complexity index is 1530. The van der Waals surface area contributed by atoms with Crippen LogP contribution in [-0.2, 0) is 11.4 Å².